The SMILES string of the molecule is CC[C@@H](C)NC(=O)[C@H](Cc1ccccc1)N(Cc1ccc(Cl)cc1)C(=O)CN(c1ccc(C(C)(C)C)cc1)S(C)(=O)=O. The van der Waals surface area contributed by atoms with E-state index in [0.29, 0.717) is 10.7 Å². The molecule has 0 aromatic heterocycles. The maximum atomic E-state index is 14.2. The minimum Gasteiger partial charge on any atom is -0.352 e. The fraction of sp³-hybridized carbons (Fsp3) is 0.394. The molecule has 0 aliphatic carbocycles. The molecule has 2 atom stereocenters. The molecular weight excluding hydrogens is 570 g/mol. The molecule has 0 unspecified atom stereocenters. The number of carbonyl (C=O) groups is 2. The van der Waals surface area contributed by atoms with Crippen LogP contribution in [0.5, 0.6) is 0 Å². The Morgan fingerprint density at radius 2 is 1.50 bits per heavy atom. The summed E-state index contributed by atoms with van der Waals surface area (Å²) in [5.74, 6) is -0.786. The Morgan fingerprint density at radius 1 is 0.905 bits per heavy atom. The van der Waals surface area contributed by atoms with Gasteiger partial charge in [-0.3, -0.25) is 13.9 Å². The maximum Gasteiger partial charge on any atom is 0.244 e. The van der Waals surface area contributed by atoms with Crippen molar-refractivity contribution in [1.29, 1.82) is 0 Å². The number of carbonyl (C=O) groups excluding carboxylic acids is 2. The smallest absolute Gasteiger partial charge is 0.244 e. The zero-order valence-corrected chi connectivity index (χ0v) is 26.9. The largest absolute Gasteiger partial charge is 0.352 e. The fourth-order valence-corrected chi connectivity index (χ4v) is 5.50. The first-order chi connectivity index (χ1) is 19.7. The second-order valence-corrected chi connectivity index (χ2v) is 14.1. The van der Waals surface area contributed by atoms with Crippen LogP contribution >= 0.6 is 11.6 Å². The third-order valence-electron chi connectivity index (χ3n) is 7.24. The van der Waals surface area contributed by atoms with Gasteiger partial charge in [0.1, 0.15) is 12.6 Å². The van der Waals surface area contributed by atoms with Gasteiger partial charge < -0.3 is 10.2 Å². The Balaban J connectivity index is 2.05. The molecule has 0 radical (unpaired) electrons. The highest BCUT2D eigenvalue weighted by Gasteiger charge is 2.33. The molecular formula is C33H42ClN3O4S. The molecule has 2 amide bonds. The van der Waals surface area contributed by atoms with Gasteiger partial charge in [-0.1, -0.05) is 93.9 Å². The summed E-state index contributed by atoms with van der Waals surface area (Å²) in [7, 11) is -3.83. The zero-order chi connectivity index (χ0) is 31.1. The predicted octanol–water partition coefficient (Wildman–Crippen LogP) is 5.96. The minimum absolute atomic E-state index is 0.0992. The minimum atomic E-state index is -3.83. The lowest BCUT2D eigenvalue weighted by molar-refractivity contribution is -0.140. The van der Waals surface area contributed by atoms with E-state index < -0.39 is 28.5 Å². The van der Waals surface area contributed by atoms with Crippen LogP contribution in [0.4, 0.5) is 5.69 Å². The van der Waals surface area contributed by atoms with Gasteiger partial charge in [-0.05, 0) is 59.7 Å². The Bertz CT molecular complexity index is 1440. The first-order valence-electron chi connectivity index (χ1n) is 14.2. The third kappa shape index (κ3) is 9.33. The number of sulfonamides is 1. The van der Waals surface area contributed by atoms with Crippen molar-refractivity contribution >= 4 is 39.1 Å². The van der Waals surface area contributed by atoms with Gasteiger partial charge in [-0.25, -0.2) is 8.42 Å². The average molecular weight is 612 g/mol. The summed E-state index contributed by atoms with van der Waals surface area (Å²) in [5.41, 5.74) is 2.96. The molecule has 0 spiro atoms. The lowest BCUT2D eigenvalue weighted by Gasteiger charge is -2.34. The van der Waals surface area contributed by atoms with Crippen molar-refractivity contribution < 1.29 is 18.0 Å². The molecule has 3 aromatic carbocycles. The molecule has 0 heterocycles. The van der Waals surface area contributed by atoms with Crippen molar-refractivity contribution in [2.45, 2.75) is 71.5 Å². The quantitative estimate of drug-likeness (QED) is 0.274. The predicted molar refractivity (Wildman–Crippen MR) is 171 cm³/mol. The van der Waals surface area contributed by atoms with Crippen molar-refractivity contribution in [3.8, 4) is 0 Å². The molecule has 3 aromatic rings. The van der Waals surface area contributed by atoms with Gasteiger partial charge >= 0.3 is 0 Å². The van der Waals surface area contributed by atoms with Crippen molar-refractivity contribution in [3.63, 3.8) is 0 Å². The molecule has 0 fully saturated rings. The van der Waals surface area contributed by atoms with Crippen LogP contribution < -0.4 is 9.62 Å². The van der Waals surface area contributed by atoms with Crippen LogP contribution in [-0.4, -0.2) is 50.0 Å². The Kier molecular flexibility index (Phi) is 11.2. The second kappa shape index (κ2) is 14.2. The number of benzene rings is 3. The summed E-state index contributed by atoms with van der Waals surface area (Å²) in [6.07, 6.45) is 2.07. The summed E-state index contributed by atoms with van der Waals surface area (Å²) >= 11 is 6.11. The molecule has 7 nitrogen and oxygen atoms in total. The van der Waals surface area contributed by atoms with Gasteiger partial charge in [-0.15, -0.1) is 0 Å². The molecule has 226 valence electrons. The Hall–Kier alpha value is -3.36. The summed E-state index contributed by atoms with van der Waals surface area (Å²) < 4.78 is 27.1. The highest BCUT2D eigenvalue weighted by Crippen LogP contribution is 2.26. The standard InChI is InChI=1S/C33H42ClN3O4S/c1-7-24(2)35-32(39)30(21-25-11-9-8-10-12-25)36(22-26-13-17-28(34)18-14-26)31(38)23-37(42(6,40)41)29-19-15-27(16-20-29)33(3,4)5/h8-20,24,30H,7,21-23H2,1-6H3,(H,35,39)/t24-,30+/m1/s1. The summed E-state index contributed by atoms with van der Waals surface area (Å²) in [6, 6.07) is 22.7. The van der Waals surface area contributed by atoms with E-state index in [1.54, 1.807) is 36.4 Å². The Labute approximate surface area is 255 Å². The van der Waals surface area contributed by atoms with Crippen LogP contribution in [0.25, 0.3) is 0 Å². The fourth-order valence-electron chi connectivity index (χ4n) is 4.52. The van der Waals surface area contributed by atoms with Crippen molar-refractivity contribution in [1.82, 2.24) is 10.2 Å². The van der Waals surface area contributed by atoms with Gasteiger partial charge in [0.25, 0.3) is 0 Å². The summed E-state index contributed by atoms with van der Waals surface area (Å²) in [6.45, 7) is 9.76. The van der Waals surface area contributed by atoms with E-state index in [-0.39, 0.29) is 30.3 Å². The molecule has 3 rings (SSSR count). The topological polar surface area (TPSA) is 86.8 Å². The molecule has 1 N–H and O–H groups in total. The Morgan fingerprint density at radius 3 is 2.02 bits per heavy atom. The van der Waals surface area contributed by atoms with Gasteiger partial charge in [0, 0.05) is 24.0 Å². The van der Waals surface area contributed by atoms with E-state index in [1.807, 2.05) is 56.3 Å². The number of hydrogen-bond donors (Lipinski definition) is 1. The number of anilines is 1. The molecule has 0 aliphatic rings. The summed E-state index contributed by atoms with van der Waals surface area (Å²) in [5, 5.41) is 3.58. The number of hydrogen-bond acceptors (Lipinski definition) is 4. The molecule has 0 saturated heterocycles. The van der Waals surface area contributed by atoms with Gasteiger partial charge in [0.2, 0.25) is 21.8 Å². The lowest BCUT2D eigenvalue weighted by Crippen LogP contribution is -2.54. The first-order valence-corrected chi connectivity index (χ1v) is 16.4. The summed E-state index contributed by atoms with van der Waals surface area (Å²) in [4.78, 5) is 29.4. The van der Waals surface area contributed by atoms with Crippen LogP contribution in [0.15, 0.2) is 78.9 Å². The van der Waals surface area contributed by atoms with Gasteiger partial charge in [0.15, 0.2) is 0 Å². The number of amides is 2. The molecule has 42 heavy (non-hydrogen) atoms. The molecule has 9 heteroatoms. The molecule has 0 bridgehead atoms. The van der Waals surface area contributed by atoms with Gasteiger partial charge in [0.05, 0.1) is 11.9 Å². The number of nitrogens with zero attached hydrogens (tertiary/aromatic N) is 2. The van der Waals surface area contributed by atoms with Crippen LogP contribution in [0.1, 0.15) is 57.7 Å². The van der Waals surface area contributed by atoms with Crippen LogP contribution in [0, 0.1) is 0 Å². The molecule has 0 saturated carbocycles. The van der Waals surface area contributed by atoms with E-state index >= 15 is 0 Å². The van der Waals surface area contributed by atoms with E-state index in [4.69, 9.17) is 11.6 Å². The van der Waals surface area contributed by atoms with Crippen LogP contribution in [0.3, 0.4) is 0 Å². The van der Waals surface area contributed by atoms with Crippen LogP contribution in [-0.2, 0) is 38.0 Å². The second-order valence-electron chi connectivity index (χ2n) is 11.7. The van der Waals surface area contributed by atoms with Crippen molar-refractivity contribution in [3.05, 3.63) is 101 Å². The maximum absolute atomic E-state index is 14.2. The van der Waals surface area contributed by atoms with E-state index in [9.17, 15) is 18.0 Å². The highest BCUT2D eigenvalue weighted by atomic mass is 35.5. The highest BCUT2D eigenvalue weighted by molar-refractivity contribution is 7.92. The number of halogens is 1. The normalized spacial score (nSPS) is 13.2. The monoisotopic (exact) mass is 611 g/mol. The number of rotatable bonds is 12. The van der Waals surface area contributed by atoms with Crippen molar-refractivity contribution in [2.24, 2.45) is 0 Å². The number of nitrogens with one attached hydrogen (secondary N) is 1. The van der Waals surface area contributed by atoms with E-state index in [2.05, 4.69) is 26.1 Å². The van der Waals surface area contributed by atoms with Crippen molar-refractivity contribution in [2.75, 3.05) is 17.1 Å². The lowest BCUT2D eigenvalue weighted by atomic mass is 9.87. The van der Waals surface area contributed by atoms with Gasteiger partial charge in [-0.2, -0.15) is 0 Å². The first kappa shape index (κ1) is 33.1. The van der Waals surface area contributed by atoms with E-state index in [0.717, 1.165) is 33.7 Å². The van der Waals surface area contributed by atoms with Crippen LogP contribution in [0.2, 0.25) is 5.02 Å². The average Bonchev–Trinajstić information content (AvgIpc) is 2.94. The third-order valence-corrected chi connectivity index (χ3v) is 8.63. The van der Waals surface area contributed by atoms with E-state index in [1.165, 1.54) is 4.90 Å². The molecule has 0 aliphatic heterocycles. The zero-order valence-electron chi connectivity index (χ0n) is 25.3.